The minimum atomic E-state index is -0.239. The number of rotatable bonds is 1. The first kappa shape index (κ1) is 9.65. The summed E-state index contributed by atoms with van der Waals surface area (Å²) in [4.78, 5) is 24.8. The minimum Gasteiger partial charge on any atom is -0.268 e. The Labute approximate surface area is 88.0 Å². The lowest BCUT2D eigenvalue weighted by Crippen LogP contribution is -2.23. The molecule has 0 radical (unpaired) electrons. The van der Waals surface area contributed by atoms with Crippen molar-refractivity contribution in [1.29, 1.82) is 0 Å². The van der Waals surface area contributed by atoms with E-state index in [1.807, 2.05) is 13.8 Å². The van der Waals surface area contributed by atoms with Crippen LogP contribution in [-0.2, 0) is 0 Å². The molecule has 3 nitrogen and oxygen atoms in total. The lowest BCUT2D eigenvalue weighted by atomic mass is 10.1. The van der Waals surface area contributed by atoms with Gasteiger partial charge in [-0.2, -0.15) is 0 Å². The van der Waals surface area contributed by atoms with E-state index >= 15 is 0 Å². The molecule has 1 aliphatic rings. The fourth-order valence-electron chi connectivity index (χ4n) is 1.58. The zero-order valence-corrected chi connectivity index (χ0v) is 8.65. The van der Waals surface area contributed by atoms with Crippen LogP contribution >= 0.6 is 0 Å². The Balaban J connectivity index is 2.50. The first-order valence-corrected chi connectivity index (χ1v) is 4.73. The van der Waals surface area contributed by atoms with Crippen LogP contribution < -0.4 is 0 Å². The van der Waals surface area contributed by atoms with Crippen molar-refractivity contribution in [2.45, 2.75) is 13.8 Å². The Kier molecular flexibility index (Phi) is 2.15. The number of carbonyl (C=O) groups excluding carboxylic acids is 2. The van der Waals surface area contributed by atoms with Crippen molar-refractivity contribution in [1.82, 2.24) is 4.90 Å². The van der Waals surface area contributed by atoms with Crippen LogP contribution in [0.2, 0.25) is 0 Å². The summed E-state index contributed by atoms with van der Waals surface area (Å²) in [5.74, 6) is -0.478. The topological polar surface area (TPSA) is 37.4 Å². The molecule has 0 saturated carbocycles. The van der Waals surface area contributed by atoms with Gasteiger partial charge in [-0.25, -0.2) is 4.90 Å². The summed E-state index contributed by atoms with van der Waals surface area (Å²) in [6.45, 7) is 3.70. The van der Waals surface area contributed by atoms with E-state index in [0.717, 1.165) is 5.57 Å². The summed E-state index contributed by atoms with van der Waals surface area (Å²) in [6, 6.07) is 6.87. The molecule has 0 atom stereocenters. The third-order valence-electron chi connectivity index (χ3n) is 2.21. The maximum atomic E-state index is 11.8. The molecule has 0 fully saturated rings. The number of hydrogen-bond acceptors (Lipinski definition) is 2. The smallest absolute Gasteiger partial charge is 0.265 e. The van der Waals surface area contributed by atoms with Gasteiger partial charge in [0.15, 0.2) is 0 Å². The van der Waals surface area contributed by atoms with Crippen molar-refractivity contribution in [3.8, 4) is 0 Å². The Morgan fingerprint density at radius 1 is 1.07 bits per heavy atom. The average molecular weight is 201 g/mol. The highest BCUT2D eigenvalue weighted by molar-refractivity contribution is 6.22. The molecule has 2 amide bonds. The SMILES string of the molecule is CC(C)=CN1C(=O)c2ccccc2C1=O. The molecule has 0 aromatic heterocycles. The Bertz CT molecular complexity index is 435. The van der Waals surface area contributed by atoms with E-state index in [1.54, 1.807) is 30.5 Å². The van der Waals surface area contributed by atoms with Gasteiger partial charge in [-0.05, 0) is 26.0 Å². The largest absolute Gasteiger partial charge is 0.268 e. The number of hydrogen-bond donors (Lipinski definition) is 0. The van der Waals surface area contributed by atoms with E-state index in [0.29, 0.717) is 11.1 Å². The number of imide groups is 1. The van der Waals surface area contributed by atoms with Gasteiger partial charge in [0.2, 0.25) is 0 Å². The number of carbonyl (C=O) groups is 2. The Morgan fingerprint density at radius 3 is 1.93 bits per heavy atom. The summed E-state index contributed by atoms with van der Waals surface area (Å²) in [5.41, 5.74) is 1.89. The van der Waals surface area contributed by atoms with Crippen molar-refractivity contribution in [2.75, 3.05) is 0 Å². The third kappa shape index (κ3) is 1.46. The summed E-state index contributed by atoms with van der Waals surface area (Å²) >= 11 is 0. The quantitative estimate of drug-likeness (QED) is 0.653. The van der Waals surface area contributed by atoms with Gasteiger partial charge in [-0.1, -0.05) is 17.7 Å². The van der Waals surface area contributed by atoms with Gasteiger partial charge in [-0.15, -0.1) is 0 Å². The van der Waals surface area contributed by atoms with Crippen LogP contribution in [0.25, 0.3) is 0 Å². The highest BCUT2D eigenvalue weighted by atomic mass is 16.2. The van der Waals surface area contributed by atoms with Crippen LogP contribution in [0.15, 0.2) is 36.0 Å². The molecule has 2 rings (SSSR count). The van der Waals surface area contributed by atoms with Crippen molar-refractivity contribution in [2.24, 2.45) is 0 Å². The third-order valence-corrected chi connectivity index (χ3v) is 2.21. The molecule has 0 bridgehead atoms. The van der Waals surface area contributed by atoms with E-state index in [2.05, 4.69) is 0 Å². The standard InChI is InChI=1S/C12H11NO2/c1-8(2)7-13-11(14)9-5-3-4-6-10(9)12(13)15/h3-7H,1-2H3. The molecule has 76 valence electrons. The van der Waals surface area contributed by atoms with E-state index in [-0.39, 0.29) is 11.8 Å². The van der Waals surface area contributed by atoms with Gasteiger partial charge in [0.05, 0.1) is 11.1 Å². The van der Waals surface area contributed by atoms with Crippen LogP contribution in [0.5, 0.6) is 0 Å². The highest BCUT2D eigenvalue weighted by Gasteiger charge is 2.33. The van der Waals surface area contributed by atoms with Gasteiger partial charge in [0, 0.05) is 6.20 Å². The van der Waals surface area contributed by atoms with Gasteiger partial charge >= 0.3 is 0 Å². The summed E-state index contributed by atoms with van der Waals surface area (Å²) in [7, 11) is 0. The normalized spacial score (nSPS) is 14.1. The molecule has 0 N–H and O–H groups in total. The lowest BCUT2D eigenvalue weighted by molar-refractivity contribution is 0.0720. The van der Waals surface area contributed by atoms with Crippen LogP contribution in [0.3, 0.4) is 0 Å². The predicted octanol–water partition coefficient (Wildman–Crippen LogP) is 2.21. The maximum Gasteiger partial charge on any atom is 0.265 e. The zero-order chi connectivity index (χ0) is 11.0. The molecule has 0 saturated heterocycles. The molecule has 0 spiro atoms. The molecule has 0 aliphatic carbocycles. The monoisotopic (exact) mass is 201 g/mol. The van der Waals surface area contributed by atoms with Crippen molar-refractivity contribution in [3.05, 3.63) is 47.2 Å². The van der Waals surface area contributed by atoms with E-state index in [4.69, 9.17) is 0 Å². The fourth-order valence-corrected chi connectivity index (χ4v) is 1.58. The second kappa shape index (κ2) is 3.35. The van der Waals surface area contributed by atoms with E-state index < -0.39 is 0 Å². The van der Waals surface area contributed by atoms with Gasteiger partial charge < -0.3 is 0 Å². The second-order valence-electron chi connectivity index (χ2n) is 3.73. The lowest BCUT2D eigenvalue weighted by Gasteiger charge is -2.07. The molecule has 15 heavy (non-hydrogen) atoms. The fraction of sp³-hybridized carbons (Fsp3) is 0.167. The Morgan fingerprint density at radius 2 is 1.53 bits per heavy atom. The van der Waals surface area contributed by atoms with Gasteiger partial charge in [0.1, 0.15) is 0 Å². The van der Waals surface area contributed by atoms with Crippen LogP contribution in [0, 0.1) is 0 Å². The predicted molar refractivity (Wildman–Crippen MR) is 56.4 cm³/mol. The van der Waals surface area contributed by atoms with Crippen LogP contribution in [0.1, 0.15) is 34.6 Å². The van der Waals surface area contributed by atoms with Crippen LogP contribution in [-0.4, -0.2) is 16.7 Å². The zero-order valence-electron chi connectivity index (χ0n) is 8.65. The number of nitrogens with zero attached hydrogens (tertiary/aromatic N) is 1. The van der Waals surface area contributed by atoms with Crippen molar-refractivity contribution < 1.29 is 9.59 Å². The maximum absolute atomic E-state index is 11.8. The molecule has 1 aromatic carbocycles. The number of fused-ring (bicyclic) bond motifs is 1. The minimum absolute atomic E-state index is 0.239. The van der Waals surface area contributed by atoms with Crippen LogP contribution in [0.4, 0.5) is 0 Å². The summed E-state index contributed by atoms with van der Waals surface area (Å²) in [5, 5.41) is 0. The molecule has 0 unspecified atom stereocenters. The summed E-state index contributed by atoms with van der Waals surface area (Å²) in [6.07, 6.45) is 1.57. The second-order valence-corrected chi connectivity index (χ2v) is 3.73. The average Bonchev–Trinajstić information content (AvgIpc) is 2.44. The summed E-state index contributed by atoms with van der Waals surface area (Å²) < 4.78 is 0. The number of allylic oxidation sites excluding steroid dienone is 1. The van der Waals surface area contributed by atoms with Crippen molar-refractivity contribution >= 4 is 11.8 Å². The molecule has 3 heteroatoms. The van der Waals surface area contributed by atoms with Gasteiger partial charge in [0.25, 0.3) is 11.8 Å². The number of amides is 2. The molecule has 1 aliphatic heterocycles. The van der Waals surface area contributed by atoms with Gasteiger partial charge in [-0.3, -0.25) is 9.59 Å². The first-order chi connectivity index (χ1) is 7.11. The molecule has 1 aromatic rings. The number of benzene rings is 1. The highest BCUT2D eigenvalue weighted by Crippen LogP contribution is 2.22. The van der Waals surface area contributed by atoms with Crippen molar-refractivity contribution in [3.63, 3.8) is 0 Å². The molecular weight excluding hydrogens is 190 g/mol. The first-order valence-electron chi connectivity index (χ1n) is 4.73. The molecular formula is C12H11NO2. The molecule has 1 heterocycles. The van der Waals surface area contributed by atoms with E-state index in [1.165, 1.54) is 4.90 Å². The van der Waals surface area contributed by atoms with E-state index in [9.17, 15) is 9.59 Å². The Hall–Kier alpha value is -1.90.